The second-order valence-electron chi connectivity index (χ2n) is 2.38. The Morgan fingerprint density at radius 1 is 1.17 bits per heavy atom. The number of pyridine rings is 1. The van der Waals surface area contributed by atoms with E-state index >= 15 is 0 Å². The van der Waals surface area contributed by atoms with E-state index in [0.29, 0.717) is 0 Å². The monoisotopic (exact) mass is 169 g/mol. The van der Waals surface area contributed by atoms with Gasteiger partial charge in [-0.25, -0.2) is 0 Å². The van der Waals surface area contributed by atoms with Crippen LogP contribution >= 0.6 is 0 Å². The summed E-state index contributed by atoms with van der Waals surface area (Å²) in [6.07, 6.45) is 1.71. The van der Waals surface area contributed by atoms with Gasteiger partial charge < -0.3 is 5.11 Å². The van der Waals surface area contributed by atoms with Gasteiger partial charge in [0.1, 0.15) is 5.75 Å². The van der Waals surface area contributed by atoms with E-state index in [9.17, 15) is 0 Å². The van der Waals surface area contributed by atoms with Crippen molar-refractivity contribution in [3.63, 3.8) is 0 Å². The van der Waals surface area contributed by atoms with Gasteiger partial charge in [0.25, 0.3) is 0 Å². The first-order valence-electron chi connectivity index (χ1n) is 3.40. The second-order valence-corrected chi connectivity index (χ2v) is 2.38. The van der Waals surface area contributed by atoms with Gasteiger partial charge in [-0.2, -0.15) is 0 Å². The van der Waals surface area contributed by atoms with Crippen molar-refractivity contribution < 1.29 is 5.11 Å². The van der Waals surface area contributed by atoms with E-state index in [2.05, 4.69) is 4.98 Å². The van der Waals surface area contributed by atoms with Gasteiger partial charge in [-0.3, -0.25) is 4.98 Å². The topological polar surface area (TPSA) is 33.1 Å². The molecule has 0 saturated carbocycles. The molecular formula is C9H8NNaO. The summed E-state index contributed by atoms with van der Waals surface area (Å²) < 4.78 is 0. The zero-order chi connectivity index (χ0) is 7.68. The predicted molar refractivity (Wildman–Crippen MR) is 50.6 cm³/mol. The van der Waals surface area contributed by atoms with Crippen molar-refractivity contribution in [2.75, 3.05) is 0 Å². The number of aromatic nitrogens is 1. The third-order valence-electron chi connectivity index (χ3n) is 1.59. The molecule has 12 heavy (non-hydrogen) atoms. The number of hydrogen-bond donors (Lipinski definition) is 1. The molecular weight excluding hydrogens is 161 g/mol. The molecule has 1 heterocycles. The van der Waals surface area contributed by atoms with Crippen LogP contribution in [0.4, 0.5) is 0 Å². The van der Waals surface area contributed by atoms with Crippen LogP contribution < -0.4 is 0 Å². The quantitative estimate of drug-likeness (QED) is 0.603. The second kappa shape index (κ2) is 3.90. The number of phenols is 1. The van der Waals surface area contributed by atoms with Crippen LogP contribution in [0.15, 0.2) is 36.5 Å². The molecule has 2 nitrogen and oxygen atoms in total. The number of rotatable bonds is 0. The van der Waals surface area contributed by atoms with Gasteiger partial charge >= 0.3 is 29.6 Å². The number of phenolic OH excluding ortho intramolecular Hbond substituents is 1. The van der Waals surface area contributed by atoms with E-state index in [4.69, 9.17) is 5.11 Å². The Kier molecular flexibility index (Phi) is 3.09. The first-order valence-corrected chi connectivity index (χ1v) is 3.40. The molecule has 1 N–H and O–H groups in total. The summed E-state index contributed by atoms with van der Waals surface area (Å²) in [5.41, 5.74) is 0.826. The van der Waals surface area contributed by atoms with Crippen LogP contribution in [0.25, 0.3) is 10.9 Å². The van der Waals surface area contributed by atoms with E-state index < -0.39 is 0 Å². The number of aromatic hydroxyl groups is 1. The standard InChI is InChI=1S/C9H7NO.Na.H/c11-8-4-3-7-2-1-5-10-9(7)6-8;;/h1-6,11H;;. The molecule has 0 unspecified atom stereocenters. The molecule has 2 rings (SSSR count). The van der Waals surface area contributed by atoms with Gasteiger partial charge in [0.15, 0.2) is 0 Å². The molecule has 0 atom stereocenters. The Morgan fingerprint density at radius 3 is 2.83 bits per heavy atom. The molecule has 2 aromatic rings. The van der Waals surface area contributed by atoms with Gasteiger partial charge in [-0.15, -0.1) is 0 Å². The zero-order valence-electron chi connectivity index (χ0n) is 5.86. The predicted octanol–water partition coefficient (Wildman–Crippen LogP) is 1.29. The molecule has 0 amide bonds. The Morgan fingerprint density at radius 2 is 2.00 bits per heavy atom. The number of benzene rings is 1. The third kappa shape index (κ3) is 1.78. The van der Waals surface area contributed by atoms with Crippen LogP contribution in [-0.2, 0) is 0 Å². The van der Waals surface area contributed by atoms with Crippen molar-refractivity contribution in [3.05, 3.63) is 36.5 Å². The average Bonchev–Trinajstić information content (AvgIpc) is 2.04. The van der Waals surface area contributed by atoms with Crippen molar-refractivity contribution in [2.45, 2.75) is 0 Å². The van der Waals surface area contributed by atoms with Gasteiger partial charge in [0, 0.05) is 17.6 Å². The Hall–Kier alpha value is -0.570. The fourth-order valence-electron chi connectivity index (χ4n) is 1.05. The first-order chi connectivity index (χ1) is 5.36. The van der Waals surface area contributed by atoms with E-state index in [-0.39, 0.29) is 35.3 Å². The van der Waals surface area contributed by atoms with Crippen molar-refractivity contribution in [1.29, 1.82) is 0 Å². The third-order valence-corrected chi connectivity index (χ3v) is 1.59. The summed E-state index contributed by atoms with van der Waals surface area (Å²) in [6.45, 7) is 0. The first kappa shape index (κ1) is 9.52. The van der Waals surface area contributed by atoms with Crippen LogP contribution in [-0.4, -0.2) is 39.6 Å². The molecule has 0 fully saturated rings. The summed E-state index contributed by atoms with van der Waals surface area (Å²) in [6, 6.07) is 8.98. The van der Waals surface area contributed by atoms with E-state index in [1.165, 1.54) is 0 Å². The van der Waals surface area contributed by atoms with Gasteiger partial charge in [-0.1, -0.05) is 6.07 Å². The van der Waals surface area contributed by atoms with E-state index in [1.54, 1.807) is 18.3 Å². The van der Waals surface area contributed by atoms with Crippen LogP contribution in [0.1, 0.15) is 0 Å². The van der Waals surface area contributed by atoms with Crippen molar-refractivity contribution in [1.82, 2.24) is 4.98 Å². The molecule has 0 radical (unpaired) electrons. The molecule has 1 aromatic carbocycles. The van der Waals surface area contributed by atoms with Crippen LogP contribution in [0.2, 0.25) is 0 Å². The number of hydrogen-bond acceptors (Lipinski definition) is 2. The summed E-state index contributed by atoms with van der Waals surface area (Å²) in [4.78, 5) is 4.08. The SMILES string of the molecule is Oc1ccc2cccnc2c1.[NaH]. The molecule has 0 aliphatic heterocycles. The van der Waals surface area contributed by atoms with Crippen molar-refractivity contribution >= 4 is 40.5 Å². The number of fused-ring (bicyclic) bond motifs is 1. The van der Waals surface area contributed by atoms with Crippen molar-refractivity contribution in [3.8, 4) is 5.75 Å². The molecule has 56 valence electrons. The minimum atomic E-state index is 0. The number of nitrogens with zero attached hydrogens (tertiary/aromatic N) is 1. The molecule has 0 aliphatic rings. The summed E-state index contributed by atoms with van der Waals surface area (Å²) in [5.74, 6) is 0.260. The average molecular weight is 169 g/mol. The van der Waals surface area contributed by atoms with Crippen LogP contribution in [0.5, 0.6) is 5.75 Å². The Labute approximate surface area is 92.5 Å². The van der Waals surface area contributed by atoms with Gasteiger partial charge in [0.2, 0.25) is 0 Å². The minimum absolute atomic E-state index is 0. The molecule has 0 saturated heterocycles. The molecule has 0 bridgehead atoms. The maximum atomic E-state index is 9.09. The molecule has 0 aliphatic carbocycles. The summed E-state index contributed by atoms with van der Waals surface area (Å²) >= 11 is 0. The fourth-order valence-corrected chi connectivity index (χ4v) is 1.05. The maximum absolute atomic E-state index is 9.09. The van der Waals surface area contributed by atoms with Gasteiger partial charge in [0.05, 0.1) is 5.52 Å². The van der Waals surface area contributed by atoms with Gasteiger partial charge in [-0.05, 0) is 18.2 Å². The molecule has 3 heteroatoms. The van der Waals surface area contributed by atoms with Crippen LogP contribution in [0.3, 0.4) is 0 Å². The van der Waals surface area contributed by atoms with Crippen LogP contribution in [0, 0.1) is 0 Å². The molecule has 0 spiro atoms. The summed E-state index contributed by atoms with van der Waals surface area (Å²) in [5, 5.41) is 10.1. The molecule has 1 aromatic heterocycles. The van der Waals surface area contributed by atoms with E-state index in [1.807, 2.05) is 18.2 Å². The van der Waals surface area contributed by atoms with E-state index in [0.717, 1.165) is 10.9 Å². The van der Waals surface area contributed by atoms with Crippen molar-refractivity contribution in [2.24, 2.45) is 0 Å². The Balaban J connectivity index is 0.000000720. The Bertz CT molecular complexity index is 389. The summed E-state index contributed by atoms with van der Waals surface area (Å²) in [7, 11) is 0. The zero-order valence-corrected chi connectivity index (χ0v) is 5.86. The fraction of sp³-hybridized carbons (Fsp3) is 0. The normalized spacial score (nSPS) is 9.33.